The van der Waals surface area contributed by atoms with Crippen LogP contribution in [0, 0.1) is 5.82 Å². The van der Waals surface area contributed by atoms with E-state index in [0.29, 0.717) is 26.9 Å². The molecule has 0 radical (unpaired) electrons. The lowest BCUT2D eigenvalue weighted by Gasteiger charge is -1.95. The van der Waals surface area contributed by atoms with Crippen LogP contribution in [-0.2, 0) is 0 Å². The second-order valence-electron chi connectivity index (χ2n) is 3.88. The van der Waals surface area contributed by atoms with Gasteiger partial charge < -0.3 is 4.98 Å². The van der Waals surface area contributed by atoms with Crippen molar-refractivity contribution >= 4 is 34.2 Å². The summed E-state index contributed by atoms with van der Waals surface area (Å²) >= 11 is 11.9. The molecule has 3 rings (SSSR count). The zero-order valence-corrected chi connectivity index (χ0v) is 10.6. The zero-order valence-electron chi connectivity index (χ0n) is 9.05. The van der Waals surface area contributed by atoms with E-state index in [-0.39, 0.29) is 5.82 Å². The van der Waals surface area contributed by atoms with E-state index in [4.69, 9.17) is 23.2 Å². The molecule has 18 heavy (non-hydrogen) atoms. The summed E-state index contributed by atoms with van der Waals surface area (Å²) in [5.41, 5.74) is 2.14. The first kappa shape index (κ1) is 11.5. The van der Waals surface area contributed by atoms with Gasteiger partial charge in [-0.25, -0.2) is 9.37 Å². The van der Waals surface area contributed by atoms with Crippen molar-refractivity contribution in [2.24, 2.45) is 0 Å². The van der Waals surface area contributed by atoms with Crippen molar-refractivity contribution in [3.05, 3.63) is 52.3 Å². The van der Waals surface area contributed by atoms with Gasteiger partial charge in [-0.3, -0.25) is 0 Å². The number of hydrogen-bond donors (Lipinski definition) is 1. The van der Waals surface area contributed by atoms with Crippen LogP contribution in [0.2, 0.25) is 10.0 Å². The highest BCUT2D eigenvalue weighted by Gasteiger charge is 2.08. The Morgan fingerprint density at radius 3 is 2.61 bits per heavy atom. The molecule has 0 aliphatic rings. The van der Waals surface area contributed by atoms with Gasteiger partial charge in [0.2, 0.25) is 0 Å². The number of benzene rings is 2. The van der Waals surface area contributed by atoms with Crippen molar-refractivity contribution in [3.63, 3.8) is 0 Å². The minimum absolute atomic E-state index is 0.302. The molecule has 1 aromatic heterocycles. The molecule has 1 N–H and O–H groups in total. The Hall–Kier alpha value is -1.58. The van der Waals surface area contributed by atoms with Crippen LogP contribution in [0.5, 0.6) is 0 Å². The standard InChI is InChI=1S/C13H7Cl2FN2/c14-9-5-11-12(6-10(9)15)18-13(17-11)7-2-1-3-8(16)4-7/h1-6H,(H,17,18). The molecule has 0 bridgehead atoms. The molecular formula is C13H7Cl2FN2. The van der Waals surface area contributed by atoms with E-state index < -0.39 is 0 Å². The molecule has 0 saturated heterocycles. The summed E-state index contributed by atoms with van der Waals surface area (Å²) in [5.74, 6) is 0.284. The van der Waals surface area contributed by atoms with Crippen molar-refractivity contribution < 1.29 is 4.39 Å². The third-order valence-electron chi connectivity index (χ3n) is 2.62. The average Bonchev–Trinajstić information content (AvgIpc) is 2.73. The Kier molecular flexibility index (Phi) is 2.73. The number of nitrogens with zero attached hydrogens (tertiary/aromatic N) is 1. The maximum Gasteiger partial charge on any atom is 0.138 e. The van der Waals surface area contributed by atoms with E-state index in [1.54, 1.807) is 24.3 Å². The molecule has 0 atom stereocenters. The second kappa shape index (κ2) is 4.26. The Labute approximate surface area is 112 Å². The van der Waals surface area contributed by atoms with E-state index in [9.17, 15) is 4.39 Å². The largest absolute Gasteiger partial charge is 0.338 e. The van der Waals surface area contributed by atoms with Gasteiger partial charge in [-0.1, -0.05) is 35.3 Å². The first-order chi connectivity index (χ1) is 8.63. The van der Waals surface area contributed by atoms with Crippen LogP contribution in [-0.4, -0.2) is 9.97 Å². The minimum Gasteiger partial charge on any atom is -0.338 e. The van der Waals surface area contributed by atoms with Crippen LogP contribution >= 0.6 is 23.2 Å². The summed E-state index contributed by atoms with van der Waals surface area (Å²) in [4.78, 5) is 7.45. The lowest BCUT2D eigenvalue weighted by Crippen LogP contribution is -1.81. The van der Waals surface area contributed by atoms with Crippen LogP contribution in [0.3, 0.4) is 0 Å². The highest BCUT2D eigenvalue weighted by atomic mass is 35.5. The predicted octanol–water partition coefficient (Wildman–Crippen LogP) is 4.68. The number of fused-ring (bicyclic) bond motifs is 1. The summed E-state index contributed by atoms with van der Waals surface area (Å²) in [7, 11) is 0. The first-order valence-corrected chi connectivity index (χ1v) is 6.00. The molecule has 90 valence electrons. The fourth-order valence-electron chi connectivity index (χ4n) is 1.78. The first-order valence-electron chi connectivity index (χ1n) is 5.24. The quantitative estimate of drug-likeness (QED) is 0.689. The molecule has 0 unspecified atom stereocenters. The van der Waals surface area contributed by atoms with E-state index in [0.717, 1.165) is 5.52 Å². The molecule has 0 amide bonds. The van der Waals surface area contributed by atoms with Crippen molar-refractivity contribution in [1.29, 1.82) is 0 Å². The summed E-state index contributed by atoms with van der Waals surface area (Å²) in [6, 6.07) is 9.61. The Morgan fingerprint density at radius 2 is 1.83 bits per heavy atom. The molecule has 2 nitrogen and oxygen atoms in total. The van der Waals surface area contributed by atoms with Crippen LogP contribution in [0.15, 0.2) is 36.4 Å². The third-order valence-corrected chi connectivity index (χ3v) is 3.34. The lowest BCUT2D eigenvalue weighted by molar-refractivity contribution is 0.628. The fourth-order valence-corrected chi connectivity index (χ4v) is 2.10. The van der Waals surface area contributed by atoms with Gasteiger partial charge in [-0.2, -0.15) is 0 Å². The minimum atomic E-state index is -0.302. The maximum absolute atomic E-state index is 13.2. The number of rotatable bonds is 1. The Morgan fingerprint density at radius 1 is 1.06 bits per heavy atom. The van der Waals surface area contributed by atoms with E-state index in [1.165, 1.54) is 12.1 Å². The van der Waals surface area contributed by atoms with Gasteiger partial charge in [0.15, 0.2) is 0 Å². The van der Waals surface area contributed by atoms with Crippen LogP contribution < -0.4 is 0 Å². The molecule has 3 aromatic rings. The van der Waals surface area contributed by atoms with Gasteiger partial charge in [-0.05, 0) is 24.3 Å². The fraction of sp³-hybridized carbons (Fsp3) is 0. The topological polar surface area (TPSA) is 28.7 Å². The van der Waals surface area contributed by atoms with Crippen molar-refractivity contribution in [2.45, 2.75) is 0 Å². The normalized spacial score (nSPS) is 11.1. The lowest BCUT2D eigenvalue weighted by atomic mass is 10.2. The summed E-state index contributed by atoms with van der Waals surface area (Å²) < 4.78 is 13.2. The van der Waals surface area contributed by atoms with E-state index >= 15 is 0 Å². The van der Waals surface area contributed by atoms with Gasteiger partial charge >= 0.3 is 0 Å². The number of imidazole rings is 1. The van der Waals surface area contributed by atoms with E-state index in [2.05, 4.69) is 9.97 Å². The van der Waals surface area contributed by atoms with Crippen LogP contribution in [0.25, 0.3) is 22.4 Å². The summed E-state index contributed by atoms with van der Waals surface area (Å²) in [6.45, 7) is 0. The van der Waals surface area contributed by atoms with Gasteiger partial charge in [-0.15, -0.1) is 0 Å². The average molecular weight is 281 g/mol. The highest BCUT2D eigenvalue weighted by Crippen LogP contribution is 2.28. The molecule has 0 saturated carbocycles. The molecular weight excluding hydrogens is 274 g/mol. The Balaban J connectivity index is 2.19. The summed E-state index contributed by atoms with van der Waals surface area (Å²) in [5, 5.41) is 0.903. The van der Waals surface area contributed by atoms with E-state index in [1.807, 2.05) is 0 Å². The van der Waals surface area contributed by atoms with Crippen molar-refractivity contribution in [1.82, 2.24) is 9.97 Å². The number of H-pyrrole nitrogens is 1. The number of aromatic amines is 1. The van der Waals surface area contributed by atoms with Crippen LogP contribution in [0.4, 0.5) is 4.39 Å². The number of aromatic nitrogens is 2. The van der Waals surface area contributed by atoms with Gasteiger partial charge in [0.25, 0.3) is 0 Å². The maximum atomic E-state index is 13.2. The van der Waals surface area contributed by atoms with Gasteiger partial charge in [0, 0.05) is 5.56 Å². The molecule has 2 aromatic carbocycles. The number of hydrogen-bond acceptors (Lipinski definition) is 1. The summed E-state index contributed by atoms with van der Waals surface area (Å²) in [6.07, 6.45) is 0. The van der Waals surface area contributed by atoms with Gasteiger partial charge in [0.1, 0.15) is 11.6 Å². The molecule has 0 aliphatic heterocycles. The second-order valence-corrected chi connectivity index (χ2v) is 4.69. The highest BCUT2D eigenvalue weighted by molar-refractivity contribution is 6.42. The predicted molar refractivity (Wildman–Crippen MR) is 71.5 cm³/mol. The smallest absolute Gasteiger partial charge is 0.138 e. The molecule has 0 fully saturated rings. The SMILES string of the molecule is Fc1cccc(-c2nc3cc(Cl)c(Cl)cc3[nH]2)c1. The van der Waals surface area contributed by atoms with Gasteiger partial charge in [0.05, 0.1) is 21.1 Å². The third kappa shape index (κ3) is 1.96. The Bertz CT molecular complexity index is 698. The van der Waals surface area contributed by atoms with Crippen LogP contribution in [0.1, 0.15) is 0 Å². The van der Waals surface area contributed by atoms with Crippen molar-refractivity contribution in [2.75, 3.05) is 0 Å². The molecule has 5 heteroatoms. The monoisotopic (exact) mass is 280 g/mol. The molecule has 1 heterocycles. The molecule has 0 spiro atoms. The number of nitrogens with one attached hydrogen (secondary N) is 1. The number of halogens is 3. The molecule has 0 aliphatic carbocycles. The van der Waals surface area contributed by atoms with Crippen molar-refractivity contribution in [3.8, 4) is 11.4 Å². The zero-order chi connectivity index (χ0) is 12.7.